The molecule has 1 saturated heterocycles. The van der Waals surface area contributed by atoms with E-state index in [1.165, 1.54) is 18.7 Å². The summed E-state index contributed by atoms with van der Waals surface area (Å²) < 4.78 is 17.6. The summed E-state index contributed by atoms with van der Waals surface area (Å²) in [6.07, 6.45) is 1.41. The Kier molecular flexibility index (Phi) is 8.40. The topological polar surface area (TPSA) is 94.2 Å². The van der Waals surface area contributed by atoms with Crippen molar-refractivity contribution >= 4 is 45.5 Å². The highest BCUT2D eigenvalue weighted by molar-refractivity contribution is 9.10. The number of carbonyl (C=O) groups is 3. The molecule has 4 amide bonds. The van der Waals surface area contributed by atoms with E-state index in [4.69, 9.17) is 14.2 Å². The molecule has 1 aliphatic rings. The summed E-state index contributed by atoms with van der Waals surface area (Å²) in [7, 11) is 1.52. The molecule has 1 aliphatic heterocycles. The maximum absolute atomic E-state index is 13.3. The van der Waals surface area contributed by atoms with Gasteiger partial charge in [0.25, 0.3) is 11.8 Å². The van der Waals surface area contributed by atoms with Crippen LogP contribution in [0.15, 0.2) is 76.8 Å². The lowest BCUT2D eigenvalue weighted by molar-refractivity contribution is -0.122. The molecule has 3 aromatic rings. The number of hydrogen-bond acceptors (Lipinski definition) is 6. The number of methoxy groups -OCH3 is 1. The van der Waals surface area contributed by atoms with Crippen molar-refractivity contribution in [2.75, 3.05) is 25.2 Å². The van der Waals surface area contributed by atoms with Crippen LogP contribution in [-0.4, -0.2) is 38.2 Å². The number of anilines is 1. The molecule has 9 heteroatoms. The second-order valence-electron chi connectivity index (χ2n) is 9.81. The van der Waals surface area contributed by atoms with Crippen LogP contribution in [0.25, 0.3) is 6.08 Å². The van der Waals surface area contributed by atoms with Gasteiger partial charge in [0.15, 0.2) is 0 Å². The number of carbonyl (C=O) groups excluding carboxylic acids is 3. The van der Waals surface area contributed by atoms with Gasteiger partial charge in [-0.1, -0.05) is 48.8 Å². The van der Waals surface area contributed by atoms with Gasteiger partial charge in [-0.15, -0.1) is 0 Å². The molecule has 202 valence electrons. The normalized spacial score (nSPS) is 14.8. The number of urea groups is 1. The minimum absolute atomic E-state index is 0.0592. The molecular formula is C30H29BrN2O6. The maximum atomic E-state index is 13.3. The first-order valence-electron chi connectivity index (χ1n) is 12.3. The van der Waals surface area contributed by atoms with E-state index in [0.29, 0.717) is 29.4 Å². The quantitative estimate of drug-likeness (QED) is 0.199. The second kappa shape index (κ2) is 11.7. The number of nitrogens with zero attached hydrogens (tertiary/aromatic N) is 1. The van der Waals surface area contributed by atoms with E-state index in [1.807, 2.05) is 24.3 Å². The van der Waals surface area contributed by atoms with E-state index >= 15 is 0 Å². The SMILES string of the molecule is COc1ccc(N2C(=O)NC(=O)/C(=C/c3cc(Br)ccc3OCCOc3ccc(C(C)(C)C)cc3)C2=O)cc1. The monoisotopic (exact) mass is 592 g/mol. The highest BCUT2D eigenvalue weighted by Gasteiger charge is 2.37. The Morgan fingerprint density at radius 2 is 1.51 bits per heavy atom. The molecule has 1 N–H and O–H groups in total. The molecule has 1 fully saturated rings. The first kappa shape index (κ1) is 27.9. The Labute approximate surface area is 235 Å². The minimum Gasteiger partial charge on any atom is -0.497 e. The second-order valence-corrected chi connectivity index (χ2v) is 10.7. The van der Waals surface area contributed by atoms with E-state index in [1.54, 1.807) is 42.5 Å². The van der Waals surface area contributed by atoms with Crippen LogP contribution in [0.1, 0.15) is 31.9 Å². The summed E-state index contributed by atoms with van der Waals surface area (Å²) in [5.41, 5.74) is 1.86. The van der Waals surface area contributed by atoms with Gasteiger partial charge in [0, 0.05) is 10.0 Å². The van der Waals surface area contributed by atoms with Crippen molar-refractivity contribution in [2.24, 2.45) is 0 Å². The maximum Gasteiger partial charge on any atom is 0.335 e. The number of halogens is 1. The van der Waals surface area contributed by atoms with Crippen LogP contribution < -0.4 is 24.4 Å². The van der Waals surface area contributed by atoms with Crippen LogP contribution in [0.2, 0.25) is 0 Å². The van der Waals surface area contributed by atoms with Crippen molar-refractivity contribution in [2.45, 2.75) is 26.2 Å². The van der Waals surface area contributed by atoms with Gasteiger partial charge in [-0.2, -0.15) is 0 Å². The fraction of sp³-hybridized carbons (Fsp3) is 0.233. The third kappa shape index (κ3) is 6.67. The summed E-state index contributed by atoms with van der Waals surface area (Å²) in [6.45, 7) is 6.98. The van der Waals surface area contributed by atoms with E-state index < -0.39 is 17.8 Å². The van der Waals surface area contributed by atoms with Crippen molar-refractivity contribution in [3.05, 3.63) is 87.9 Å². The van der Waals surface area contributed by atoms with Crippen LogP contribution >= 0.6 is 15.9 Å². The van der Waals surface area contributed by atoms with Gasteiger partial charge in [0.05, 0.1) is 12.8 Å². The largest absolute Gasteiger partial charge is 0.497 e. The zero-order valence-corrected chi connectivity index (χ0v) is 23.7. The van der Waals surface area contributed by atoms with E-state index in [0.717, 1.165) is 15.1 Å². The molecule has 0 spiro atoms. The number of benzene rings is 3. The number of barbiturate groups is 1. The molecule has 1 heterocycles. The summed E-state index contributed by atoms with van der Waals surface area (Å²) in [5, 5.41) is 2.23. The average molecular weight is 593 g/mol. The van der Waals surface area contributed by atoms with Gasteiger partial charge in [-0.3, -0.25) is 14.9 Å². The van der Waals surface area contributed by atoms with Crippen molar-refractivity contribution in [1.82, 2.24) is 5.32 Å². The Morgan fingerprint density at radius 1 is 0.872 bits per heavy atom. The molecule has 0 saturated carbocycles. The molecule has 0 unspecified atom stereocenters. The van der Waals surface area contributed by atoms with E-state index in [-0.39, 0.29) is 17.6 Å². The number of imide groups is 2. The van der Waals surface area contributed by atoms with Gasteiger partial charge >= 0.3 is 6.03 Å². The number of amides is 4. The van der Waals surface area contributed by atoms with Crippen LogP contribution in [0.3, 0.4) is 0 Å². The molecule has 0 radical (unpaired) electrons. The van der Waals surface area contributed by atoms with Crippen molar-refractivity contribution in [3.8, 4) is 17.2 Å². The Morgan fingerprint density at radius 3 is 2.15 bits per heavy atom. The molecular weight excluding hydrogens is 564 g/mol. The molecule has 0 bridgehead atoms. The molecule has 0 atom stereocenters. The Hall–Kier alpha value is -4.11. The summed E-state index contributed by atoms with van der Waals surface area (Å²) in [6, 6.07) is 18.7. The van der Waals surface area contributed by atoms with Crippen molar-refractivity contribution < 1.29 is 28.6 Å². The first-order valence-corrected chi connectivity index (χ1v) is 13.1. The third-order valence-electron chi connectivity index (χ3n) is 6.03. The van der Waals surface area contributed by atoms with E-state index in [9.17, 15) is 14.4 Å². The highest BCUT2D eigenvalue weighted by Crippen LogP contribution is 2.29. The first-order chi connectivity index (χ1) is 18.6. The van der Waals surface area contributed by atoms with Gasteiger partial charge in [-0.05, 0) is 71.7 Å². The molecule has 8 nitrogen and oxygen atoms in total. The summed E-state index contributed by atoms with van der Waals surface area (Å²) in [4.78, 5) is 39.4. The van der Waals surface area contributed by atoms with E-state index in [2.05, 4.69) is 42.0 Å². The molecule has 0 aromatic heterocycles. The van der Waals surface area contributed by atoms with Crippen LogP contribution in [0.5, 0.6) is 17.2 Å². The summed E-state index contributed by atoms with van der Waals surface area (Å²) in [5.74, 6) is 0.213. The summed E-state index contributed by atoms with van der Waals surface area (Å²) >= 11 is 3.42. The van der Waals surface area contributed by atoms with Gasteiger partial charge in [-0.25, -0.2) is 9.69 Å². The van der Waals surface area contributed by atoms with Gasteiger partial charge in [0.1, 0.15) is 36.0 Å². The standard InChI is InChI=1S/C30H29BrN2O6/c1-30(2,3)20-5-10-24(11-6-20)38-15-16-39-26-14-7-21(31)17-19(26)18-25-27(34)32-29(36)33(28(25)35)22-8-12-23(37-4)13-9-22/h5-14,17-18H,15-16H2,1-4H3,(H,32,34,36)/b25-18-. The van der Waals surface area contributed by atoms with Crippen LogP contribution in [-0.2, 0) is 15.0 Å². The third-order valence-corrected chi connectivity index (χ3v) is 6.53. The van der Waals surface area contributed by atoms with Crippen LogP contribution in [0, 0.1) is 0 Å². The van der Waals surface area contributed by atoms with Gasteiger partial charge < -0.3 is 14.2 Å². The predicted molar refractivity (Wildman–Crippen MR) is 152 cm³/mol. The average Bonchev–Trinajstić information content (AvgIpc) is 2.90. The predicted octanol–water partition coefficient (Wildman–Crippen LogP) is 5.88. The molecule has 39 heavy (non-hydrogen) atoms. The Balaban J connectivity index is 1.49. The number of nitrogens with one attached hydrogen (secondary N) is 1. The van der Waals surface area contributed by atoms with Crippen molar-refractivity contribution in [3.63, 3.8) is 0 Å². The number of rotatable bonds is 8. The minimum atomic E-state index is -0.828. The highest BCUT2D eigenvalue weighted by atomic mass is 79.9. The zero-order valence-electron chi connectivity index (χ0n) is 22.1. The molecule has 4 rings (SSSR count). The smallest absolute Gasteiger partial charge is 0.335 e. The molecule has 0 aliphatic carbocycles. The lowest BCUT2D eigenvalue weighted by Crippen LogP contribution is -2.54. The zero-order chi connectivity index (χ0) is 28.2. The lowest BCUT2D eigenvalue weighted by atomic mass is 9.87. The number of hydrogen-bond donors (Lipinski definition) is 1. The fourth-order valence-electron chi connectivity index (χ4n) is 3.90. The fourth-order valence-corrected chi connectivity index (χ4v) is 4.28. The van der Waals surface area contributed by atoms with Gasteiger partial charge in [0.2, 0.25) is 0 Å². The van der Waals surface area contributed by atoms with Crippen LogP contribution in [0.4, 0.5) is 10.5 Å². The molecule has 3 aromatic carbocycles. The number of ether oxygens (including phenoxy) is 3. The van der Waals surface area contributed by atoms with Crippen molar-refractivity contribution in [1.29, 1.82) is 0 Å². The lowest BCUT2D eigenvalue weighted by Gasteiger charge is -2.26. The Bertz CT molecular complexity index is 1410.